The van der Waals surface area contributed by atoms with Gasteiger partial charge in [-0.1, -0.05) is 6.92 Å². The molecule has 0 saturated carbocycles. The van der Waals surface area contributed by atoms with Crippen LogP contribution in [0.15, 0.2) is 16.7 Å². The second-order valence-corrected chi connectivity index (χ2v) is 4.53. The van der Waals surface area contributed by atoms with Gasteiger partial charge in [0.25, 0.3) is 5.91 Å². The van der Waals surface area contributed by atoms with Crippen molar-refractivity contribution in [2.45, 2.75) is 13.3 Å². The molecule has 98 valence electrons. The number of anilines is 1. The van der Waals surface area contributed by atoms with Crippen molar-refractivity contribution >= 4 is 33.6 Å². The first-order valence-corrected chi connectivity index (χ1v) is 6.29. The minimum absolute atomic E-state index is 0.0786. The van der Waals surface area contributed by atoms with Crippen LogP contribution in [0.25, 0.3) is 0 Å². The molecule has 2 amide bonds. The Morgan fingerprint density at radius 3 is 2.83 bits per heavy atom. The number of carbonyl (C=O) groups is 2. The minimum Gasteiger partial charge on any atom is -0.383 e. The number of aromatic nitrogens is 1. The first-order valence-electron chi connectivity index (χ1n) is 5.50. The molecule has 0 bridgehead atoms. The minimum atomic E-state index is -0.423. The lowest BCUT2D eigenvalue weighted by atomic mass is 10.2. The van der Waals surface area contributed by atoms with Crippen molar-refractivity contribution in [3.63, 3.8) is 0 Å². The smallest absolute Gasteiger partial charge is 0.255 e. The molecule has 6 nitrogen and oxygen atoms in total. The van der Waals surface area contributed by atoms with Gasteiger partial charge in [0.1, 0.15) is 5.82 Å². The van der Waals surface area contributed by atoms with Gasteiger partial charge in [0.15, 0.2) is 0 Å². The number of nitrogens with two attached hydrogens (primary N) is 1. The summed E-state index contributed by atoms with van der Waals surface area (Å²) in [6, 6.07) is 1.56. The molecule has 18 heavy (non-hydrogen) atoms. The molecule has 4 N–H and O–H groups in total. The normalized spacial score (nSPS) is 9.89. The summed E-state index contributed by atoms with van der Waals surface area (Å²) in [5.74, 6) is -0.524. The van der Waals surface area contributed by atoms with Gasteiger partial charge in [-0.15, -0.1) is 0 Å². The molecule has 0 aliphatic heterocycles. The van der Waals surface area contributed by atoms with E-state index in [1.165, 1.54) is 6.20 Å². The average Bonchev–Trinajstić information content (AvgIpc) is 2.36. The molecule has 7 heteroatoms. The van der Waals surface area contributed by atoms with Crippen molar-refractivity contribution in [3.05, 3.63) is 22.3 Å². The zero-order valence-electron chi connectivity index (χ0n) is 10.00. The molecular weight excluding hydrogens is 300 g/mol. The van der Waals surface area contributed by atoms with Gasteiger partial charge in [0.05, 0.1) is 12.1 Å². The topological polar surface area (TPSA) is 97.1 Å². The molecule has 0 saturated heterocycles. The van der Waals surface area contributed by atoms with Crippen molar-refractivity contribution in [3.8, 4) is 0 Å². The van der Waals surface area contributed by atoms with E-state index in [2.05, 4.69) is 31.5 Å². The number of amides is 2. The van der Waals surface area contributed by atoms with Crippen LogP contribution in [0.2, 0.25) is 0 Å². The van der Waals surface area contributed by atoms with Gasteiger partial charge >= 0.3 is 0 Å². The summed E-state index contributed by atoms with van der Waals surface area (Å²) in [5, 5.41) is 5.14. The molecule has 1 aromatic heterocycles. The van der Waals surface area contributed by atoms with Gasteiger partial charge in [-0.2, -0.15) is 0 Å². The summed E-state index contributed by atoms with van der Waals surface area (Å²) in [4.78, 5) is 26.9. The maximum atomic E-state index is 11.8. The van der Waals surface area contributed by atoms with Crippen LogP contribution in [0.1, 0.15) is 23.7 Å². The monoisotopic (exact) mass is 314 g/mol. The van der Waals surface area contributed by atoms with E-state index < -0.39 is 5.91 Å². The van der Waals surface area contributed by atoms with Gasteiger partial charge in [0.2, 0.25) is 5.91 Å². The summed E-state index contributed by atoms with van der Waals surface area (Å²) >= 11 is 3.20. The van der Waals surface area contributed by atoms with Crippen LogP contribution in [0.5, 0.6) is 0 Å². The van der Waals surface area contributed by atoms with Crippen LogP contribution in [0.4, 0.5) is 5.82 Å². The Morgan fingerprint density at radius 2 is 2.17 bits per heavy atom. The zero-order valence-corrected chi connectivity index (χ0v) is 11.6. The molecular formula is C11H15BrN4O2. The Morgan fingerprint density at radius 1 is 1.44 bits per heavy atom. The SMILES string of the molecule is CCCNC(=O)CNC(=O)c1cc(Br)cnc1N. The molecule has 0 atom stereocenters. The summed E-state index contributed by atoms with van der Waals surface area (Å²) in [6.07, 6.45) is 2.35. The van der Waals surface area contributed by atoms with E-state index in [4.69, 9.17) is 5.73 Å². The summed E-state index contributed by atoms with van der Waals surface area (Å²) in [6.45, 7) is 2.47. The average molecular weight is 315 g/mol. The summed E-state index contributed by atoms with van der Waals surface area (Å²) < 4.78 is 0.650. The van der Waals surface area contributed by atoms with Gasteiger partial charge in [-0.3, -0.25) is 9.59 Å². The van der Waals surface area contributed by atoms with Crippen molar-refractivity contribution in [1.82, 2.24) is 15.6 Å². The molecule has 0 spiro atoms. The highest BCUT2D eigenvalue weighted by Crippen LogP contribution is 2.15. The largest absolute Gasteiger partial charge is 0.383 e. The zero-order chi connectivity index (χ0) is 13.5. The molecule has 0 aromatic carbocycles. The lowest BCUT2D eigenvalue weighted by Crippen LogP contribution is -2.37. The third-order valence-electron chi connectivity index (χ3n) is 2.11. The number of nitrogens with one attached hydrogen (secondary N) is 2. The van der Waals surface area contributed by atoms with Crippen molar-refractivity contribution in [2.24, 2.45) is 0 Å². The Hall–Kier alpha value is -1.63. The van der Waals surface area contributed by atoms with Crippen molar-refractivity contribution in [1.29, 1.82) is 0 Å². The Balaban J connectivity index is 2.55. The van der Waals surface area contributed by atoms with E-state index in [0.717, 1.165) is 6.42 Å². The van der Waals surface area contributed by atoms with Crippen LogP contribution in [-0.4, -0.2) is 29.9 Å². The van der Waals surface area contributed by atoms with Crippen molar-refractivity contribution < 1.29 is 9.59 Å². The van der Waals surface area contributed by atoms with Crippen LogP contribution in [-0.2, 0) is 4.79 Å². The number of rotatable bonds is 5. The summed E-state index contributed by atoms with van der Waals surface area (Å²) in [7, 11) is 0. The molecule has 0 fully saturated rings. The number of carbonyl (C=O) groups excluding carboxylic acids is 2. The predicted molar refractivity (Wildman–Crippen MR) is 72.0 cm³/mol. The molecule has 1 rings (SSSR count). The maximum absolute atomic E-state index is 11.8. The Labute approximate surface area is 113 Å². The van der Waals surface area contributed by atoms with Gasteiger partial charge in [-0.05, 0) is 28.4 Å². The van der Waals surface area contributed by atoms with E-state index in [9.17, 15) is 9.59 Å². The fourth-order valence-electron chi connectivity index (χ4n) is 1.21. The van der Waals surface area contributed by atoms with E-state index in [0.29, 0.717) is 11.0 Å². The molecule has 1 aromatic rings. The Bertz CT molecular complexity index is 451. The fraction of sp³-hybridized carbons (Fsp3) is 0.364. The molecule has 0 unspecified atom stereocenters. The highest BCUT2D eigenvalue weighted by molar-refractivity contribution is 9.10. The molecule has 0 aliphatic carbocycles. The number of hydrogen-bond donors (Lipinski definition) is 3. The van der Waals surface area contributed by atoms with Gasteiger partial charge in [-0.25, -0.2) is 4.98 Å². The third kappa shape index (κ3) is 4.33. The summed E-state index contributed by atoms with van der Waals surface area (Å²) in [5.41, 5.74) is 5.83. The number of pyridine rings is 1. The third-order valence-corrected chi connectivity index (χ3v) is 2.55. The molecule has 1 heterocycles. The lowest BCUT2D eigenvalue weighted by Gasteiger charge is -2.07. The Kier molecular flexibility index (Phi) is 5.57. The fourth-order valence-corrected chi connectivity index (χ4v) is 1.55. The van der Waals surface area contributed by atoms with Crippen LogP contribution in [0, 0.1) is 0 Å². The maximum Gasteiger partial charge on any atom is 0.255 e. The van der Waals surface area contributed by atoms with Crippen LogP contribution >= 0.6 is 15.9 Å². The number of nitrogen functional groups attached to an aromatic ring is 1. The van der Waals surface area contributed by atoms with Gasteiger partial charge in [0, 0.05) is 17.2 Å². The van der Waals surface area contributed by atoms with Gasteiger partial charge < -0.3 is 16.4 Å². The number of nitrogens with zero attached hydrogens (tertiary/aromatic N) is 1. The highest BCUT2D eigenvalue weighted by Gasteiger charge is 2.12. The van der Waals surface area contributed by atoms with Crippen molar-refractivity contribution in [2.75, 3.05) is 18.8 Å². The molecule has 0 radical (unpaired) electrons. The van der Waals surface area contributed by atoms with Crippen LogP contribution in [0.3, 0.4) is 0 Å². The van der Waals surface area contributed by atoms with E-state index in [1.54, 1.807) is 6.07 Å². The number of hydrogen-bond acceptors (Lipinski definition) is 4. The lowest BCUT2D eigenvalue weighted by molar-refractivity contribution is -0.120. The van der Waals surface area contributed by atoms with E-state index in [-0.39, 0.29) is 23.8 Å². The van der Waals surface area contributed by atoms with E-state index >= 15 is 0 Å². The second kappa shape index (κ2) is 6.95. The molecule has 0 aliphatic rings. The van der Waals surface area contributed by atoms with Crippen LogP contribution < -0.4 is 16.4 Å². The standard InChI is InChI=1S/C11H15BrN4O2/c1-2-3-14-9(17)6-16-11(18)8-4-7(12)5-15-10(8)13/h4-5H,2-3,6H2,1H3,(H2,13,15)(H,14,17)(H,16,18). The first kappa shape index (κ1) is 14.4. The highest BCUT2D eigenvalue weighted by atomic mass is 79.9. The second-order valence-electron chi connectivity index (χ2n) is 3.62. The first-order chi connectivity index (χ1) is 8.54. The quantitative estimate of drug-likeness (QED) is 0.744. The van der Waals surface area contributed by atoms with E-state index in [1.807, 2.05) is 6.92 Å². The number of halogens is 1. The predicted octanol–water partition coefficient (Wildman–Crippen LogP) is 0.682.